The Morgan fingerprint density at radius 2 is 1.75 bits per heavy atom. The second-order valence-corrected chi connectivity index (χ2v) is 8.71. The van der Waals surface area contributed by atoms with Crippen LogP contribution < -0.4 is 0 Å². The lowest BCUT2D eigenvalue weighted by Crippen LogP contribution is -2.38. The first-order valence-corrected chi connectivity index (χ1v) is 11.4. The summed E-state index contributed by atoms with van der Waals surface area (Å²) in [5.74, 6) is 1.55. The van der Waals surface area contributed by atoms with Crippen LogP contribution in [0, 0.1) is 0 Å². The van der Waals surface area contributed by atoms with Gasteiger partial charge in [-0.2, -0.15) is 0 Å². The zero-order chi connectivity index (χ0) is 21.5. The smallest absolute Gasteiger partial charge is 0.254 e. The Hall–Kier alpha value is -3.84. The summed E-state index contributed by atoms with van der Waals surface area (Å²) in [6.07, 6.45) is 0. The molecule has 0 N–H and O–H groups in total. The number of fused-ring (bicyclic) bond motifs is 2. The molecule has 6 nitrogen and oxygen atoms in total. The van der Waals surface area contributed by atoms with Gasteiger partial charge < -0.3 is 9.47 Å². The number of rotatable bonds is 3. The van der Waals surface area contributed by atoms with Crippen LogP contribution in [0.5, 0.6) is 0 Å². The second-order valence-electron chi connectivity index (χ2n) is 7.76. The minimum absolute atomic E-state index is 0.0161. The molecule has 1 aliphatic heterocycles. The molecule has 4 heterocycles. The Morgan fingerprint density at radius 3 is 2.59 bits per heavy atom. The first kappa shape index (κ1) is 18.9. The molecule has 0 unspecified atom stereocenters. The first-order valence-electron chi connectivity index (χ1n) is 10.5. The SMILES string of the molecule is O=C(c1ccc(-c2cccs2)cc1)N1CCn2c(nnc2-c2ccc3ccccc3n2)C1. The van der Waals surface area contributed by atoms with Gasteiger partial charge in [0.2, 0.25) is 0 Å². The highest BCUT2D eigenvalue weighted by Crippen LogP contribution is 2.26. The molecule has 156 valence electrons. The first-order chi connectivity index (χ1) is 15.8. The molecule has 0 radical (unpaired) electrons. The van der Waals surface area contributed by atoms with E-state index in [2.05, 4.69) is 32.3 Å². The van der Waals surface area contributed by atoms with E-state index in [0.29, 0.717) is 25.2 Å². The van der Waals surface area contributed by atoms with E-state index in [1.165, 1.54) is 4.88 Å². The zero-order valence-electron chi connectivity index (χ0n) is 17.2. The van der Waals surface area contributed by atoms with Crippen molar-refractivity contribution >= 4 is 28.1 Å². The van der Waals surface area contributed by atoms with Crippen LogP contribution in [0.15, 0.2) is 78.2 Å². The van der Waals surface area contributed by atoms with Gasteiger partial charge in [0, 0.05) is 28.9 Å². The van der Waals surface area contributed by atoms with Gasteiger partial charge in [-0.15, -0.1) is 21.5 Å². The molecule has 5 aromatic rings. The lowest BCUT2D eigenvalue weighted by atomic mass is 10.1. The summed E-state index contributed by atoms with van der Waals surface area (Å²) >= 11 is 1.69. The zero-order valence-corrected chi connectivity index (χ0v) is 18.0. The largest absolute Gasteiger partial charge is 0.329 e. The van der Waals surface area contributed by atoms with E-state index in [1.807, 2.05) is 65.6 Å². The summed E-state index contributed by atoms with van der Waals surface area (Å²) in [5.41, 5.74) is 3.55. The van der Waals surface area contributed by atoms with Crippen molar-refractivity contribution in [2.45, 2.75) is 13.1 Å². The van der Waals surface area contributed by atoms with Crippen LogP contribution in [0.4, 0.5) is 0 Å². The number of carbonyl (C=O) groups is 1. The summed E-state index contributed by atoms with van der Waals surface area (Å²) < 4.78 is 2.07. The molecule has 0 saturated heterocycles. The minimum atomic E-state index is 0.0161. The number of hydrogen-bond donors (Lipinski definition) is 0. The standard InChI is InChI=1S/C25H19N5OS/c31-25(19-9-7-18(8-10-19)22-6-3-15-32-22)29-13-14-30-23(16-29)27-28-24(30)21-12-11-17-4-1-2-5-20(17)26-21/h1-12,15H,13-14,16H2. The van der Waals surface area contributed by atoms with Crippen LogP contribution in [0.25, 0.3) is 32.9 Å². The molecule has 0 spiro atoms. The fourth-order valence-electron chi connectivity index (χ4n) is 4.11. The van der Waals surface area contributed by atoms with Crippen molar-refractivity contribution in [2.75, 3.05) is 6.54 Å². The molecule has 0 fully saturated rings. The van der Waals surface area contributed by atoms with Gasteiger partial charge in [-0.05, 0) is 41.3 Å². The second kappa shape index (κ2) is 7.69. The number of para-hydroxylation sites is 1. The number of amides is 1. The molecule has 0 saturated carbocycles. The quantitative estimate of drug-likeness (QED) is 0.404. The highest BCUT2D eigenvalue weighted by Gasteiger charge is 2.26. The Morgan fingerprint density at radius 1 is 0.875 bits per heavy atom. The lowest BCUT2D eigenvalue weighted by Gasteiger charge is -2.28. The summed E-state index contributed by atoms with van der Waals surface area (Å²) in [6, 6.07) is 24.0. The maximum absolute atomic E-state index is 13.1. The number of thiophene rings is 1. The molecule has 1 aliphatic rings. The van der Waals surface area contributed by atoms with Crippen molar-refractivity contribution in [3.8, 4) is 22.0 Å². The minimum Gasteiger partial charge on any atom is -0.329 e. The monoisotopic (exact) mass is 437 g/mol. The van der Waals surface area contributed by atoms with E-state index in [9.17, 15) is 4.79 Å². The van der Waals surface area contributed by atoms with Gasteiger partial charge in [-0.25, -0.2) is 4.98 Å². The summed E-state index contributed by atoms with van der Waals surface area (Å²) in [7, 11) is 0. The fourth-order valence-corrected chi connectivity index (χ4v) is 4.85. The molecule has 0 bridgehead atoms. The van der Waals surface area contributed by atoms with Crippen molar-refractivity contribution in [1.29, 1.82) is 0 Å². The molecular formula is C25H19N5OS. The molecule has 2 aromatic carbocycles. The van der Waals surface area contributed by atoms with E-state index in [0.717, 1.165) is 33.8 Å². The topological polar surface area (TPSA) is 63.9 Å². The average molecular weight is 438 g/mol. The number of aromatic nitrogens is 4. The van der Waals surface area contributed by atoms with Gasteiger partial charge in [0.05, 0.1) is 12.1 Å². The third kappa shape index (κ3) is 3.27. The third-order valence-corrected chi connectivity index (χ3v) is 6.72. The van der Waals surface area contributed by atoms with E-state index >= 15 is 0 Å². The highest BCUT2D eigenvalue weighted by molar-refractivity contribution is 7.13. The van der Waals surface area contributed by atoms with Crippen LogP contribution in [-0.4, -0.2) is 37.1 Å². The number of pyridine rings is 1. The van der Waals surface area contributed by atoms with Gasteiger partial charge in [-0.1, -0.05) is 42.5 Å². The maximum Gasteiger partial charge on any atom is 0.254 e. The molecular weight excluding hydrogens is 418 g/mol. The van der Waals surface area contributed by atoms with Crippen LogP contribution in [0.2, 0.25) is 0 Å². The Balaban J connectivity index is 1.23. The molecule has 3 aromatic heterocycles. The number of nitrogens with zero attached hydrogens (tertiary/aromatic N) is 5. The number of carbonyl (C=O) groups excluding carboxylic acids is 1. The van der Waals surface area contributed by atoms with Gasteiger partial charge in [0.15, 0.2) is 11.6 Å². The van der Waals surface area contributed by atoms with Crippen LogP contribution in [-0.2, 0) is 13.1 Å². The number of benzene rings is 2. The van der Waals surface area contributed by atoms with Gasteiger partial charge in [0.25, 0.3) is 5.91 Å². The van der Waals surface area contributed by atoms with Crippen molar-refractivity contribution < 1.29 is 4.79 Å². The fraction of sp³-hybridized carbons (Fsp3) is 0.120. The van der Waals surface area contributed by atoms with Crippen molar-refractivity contribution in [3.05, 3.63) is 89.6 Å². The molecule has 0 atom stereocenters. The van der Waals surface area contributed by atoms with Crippen LogP contribution in [0.1, 0.15) is 16.2 Å². The van der Waals surface area contributed by atoms with Gasteiger partial charge in [0.1, 0.15) is 5.69 Å². The van der Waals surface area contributed by atoms with E-state index in [4.69, 9.17) is 4.98 Å². The Labute approximate surface area is 188 Å². The summed E-state index contributed by atoms with van der Waals surface area (Å²) in [4.78, 5) is 20.9. The van der Waals surface area contributed by atoms with Crippen LogP contribution in [0.3, 0.4) is 0 Å². The van der Waals surface area contributed by atoms with Crippen LogP contribution >= 0.6 is 11.3 Å². The molecule has 7 heteroatoms. The third-order valence-electron chi connectivity index (χ3n) is 5.81. The van der Waals surface area contributed by atoms with Crippen molar-refractivity contribution in [2.24, 2.45) is 0 Å². The van der Waals surface area contributed by atoms with E-state index in [1.54, 1.807) is 11.3 Å². The predicted molar refractivity (Wildman–Crippen MR) is 125 cm³/mol. The highest BCUT2D eigenvalue weighted by atomic mass is 32.1. The molecule has 32 heavy (non-hydrogen) atoms. The van der Waals surface area contributed by atoms with Crippen molar-refractivity contribution in [3.63, 3.8) is 0 Å². The Bertz CT molecular complexity index is 1420. The lowest BCUT2D eigenvalue weighted by molar-refractivity contribution is 0.0708. The normalized spacial score (nSPS) is 13.3. The predicted octanol–water partition coefficient (Wildman–Crippen LogP) is 4.88. The Kier molecular flexibility index (Phi) is 4.54. The molecule has 6 rings (SSSR count). The maximum atomic E-state index is 13.1. The summed E-state index contributed by atoms with van der Waals surface area (Å²) in [6.45, 7) is 1.69. The van der Waals surface area contributed by atoms with E-state index in [-0.39, 0.29) is 5.91 Å². The van der Waals surface area contributed by atoms with Gasteiger partial charge >= 0.3 is 0 Å². The van der Waals surface area contributed by atoms with Crippen molar-refractivity contribution in [1.82, 2.24) is 24.6 Å². The molecule has 1 amide bonds. The summed E-state index contributed by atoms with van der Waals surface area (Å²) in [5, 5.41) is 11.9. The van der Waals surface area contributed by atoms with Gasteiger partial charge in [-0.3, -0.25) is 4.79 Å². The molecule has 0 aliphatic carbocycles. The van der Waals surface area contributed by atoms with E-state index < -0.39 is 0 Å². The average Bonchev–Trinajstić information content (AvgIpc) is 3.53. The number of hydrogen-bond acceptors (Lipinski definition) is 5.